The second-order valence-corrected chi connectivity index (χ2v) is 10.6. The lowest BCUT2D eigenvalue weighted by Gasteiger charge is -2.44. The highest BCUT2D eigenvalue weighted by molar-refractivity contribution is 5.84. The summed E-state index contributed by atoms with van der Waals surface area (Å²) < 4.78 is 80.5. The minimum Gasteiger partial charge on any atom is -0.346 e. The van der Waals surface area contributed by atoms with E-state index in [9.17, 15) is 31.1 Å². The Morgan fingerprint density at radius 1 is 0.875 bits per heavy atom. The molecule has 0 aromatic heterocycles. The number of hydrogen-bond acceptors (Lipinski definition) is 2. The predicted molar refractivity (Wildman–Crippen MR) is 141 cm³/mol. The zero-order valence-corrected chi connectivity index (χ0v) is 22.3. The maximum absolute atomic E-state index is 13.5. The molecule has 1 atom stereocenters. The fourth-order valence-corrected chi connectivity index (χ4v) is 5.50. The Hall–Kier alpha value is -3.33. The third-order valence-corrected chi connectivity index (χ3v) is 7.90. The van der Waals surface area contributed by atoms with E-state index in [0.717, 1.165) is 24.9 Å². The van der Waals surface area contributed by atoms with Gasteiger partial charge in [-0.3, -0.25) is 9.69 Å². The lowest BCUT2D eigenvalue weighted by atomic mass is 9.74. The van der Waals surface area contributed by atoms with Gasteiger partial charge in [0.1, 0.15) is 0 Å². The minimum absolute atomic E-state index is 0.0762. The van der Waals surface area contributed by atoms with Gasteiger partial charge in [0.25, 0.3) is 0 Å². The molecule has 0 radical (unpaired) electrons. The van der Waals surface area contributed by atoms with Crippen molar-refractivity contribution in [3.05, 3.63) is 107 Å². The predicted octanol–water partition coefficient (Wildman–Crippen LogP) is 7.91. The van der Waals surface area contributed by atoms with Crippen LogP contribution < -0.4 is 5.32 Å². The van der Waals surface area contributed by atoms with Crippen molar-refractivity contribution in [2.45, 2.75) is 69.0 Å². The summed E-state index contributed by atoms with van der Waals surface area (Å²) in [6.45, 7) is 2.10. The van der Waals surface area contributed by atoms with Gasteiger partial charge in [-0.15, -0.1) is 0 Å². The maximum atomic E-state index is 13.5. The summed E-state index contributed by atoms with van der Waals surface area (Å²) in [6.07, 6.45) is -7.29. The Balaban J connectivity index is 1.56. The summed E-state index contributed by atoms with van der Waals surface area (Å²) in [6, 6.07) is 21.0. The van der Waals surface area contributed by atoms with Crippen molar-refractivity contribution >= 4 is 5.91 Å². The van der Waals surface area contributed by atoms with E-state index in [2.05, 4.69) is 29.4 Å². The molecule has 214 valence electrons. The van der Waals surface area contributed by atoms with Crippen molar-refractivity contribution in [2.75, 3.05) is 7.05 Å². The van der Waals surface area contributed by atoms with Crippen LogP contribution in [0.5, 0.6) is 0 Å². The molecular weight excluding hydrogens is 530 g/mol. The molecule has 1 aliphatic carbocycles. The van der Waals surface area contributed by atoms with E-state index < -0.39 is 40.8 Å². The Morgan fingerprint density at radius 3 is 1.88 bits per heavy atom. The van der Waals surface area contributed by atoms with Gasteiger partial charge in [-0.2, -0.15) is 26.3 Å². The number of hydrogen-bond donors (Lipinski definition) is 1. The molecule has 0 aliphatic heterocycles. The fraction of sp³-hybridized carbons (Fsp3) is 0.387. The monoisotopic (exact) mass is 562 g/mol. The van der Waals surface area contributed by atoms with Crippen LogP contribution in [0.4, 0.5) is 26.3 Å². The van der Waals surface area contributed by atoms with Gasteiger partial charge < -0.3 is 5.32 Å². The molecule has 0 unspecified atom stereocenters. The highest BCUT2D eigenvalue weighted by Crippen LogP contribution is 2.41. The van der Waals surface area contributed by atoms with Crippen molar-refractivity contribution in [2.24, 2.45) is 0 Å². The molecule has 0 bridgehead atoms. The Kier molecular flexibility index (Phi) is 8.63. The molecule has 3 nitrogen and oxygen atoms in total. The molecule has 1 saturated carbocycles. The van der Waals surface area contributed by atoms with Gasteiger partial charge in [0.05, 0.1) is 22.6 Å². The molecule has 0 saturated heterocycles. The van der Waals surface area contributed by atoms with Crippen molar-refractivity contribution < 1.29 is 31.1 Å². The molecule has 3 aromatic carbocycles. The van der Waals surface area contributed by atoms with Crippen LogP contribution in [-0.4, -0.2) is 23.9 Å². The molecule has 4 rings (SSSR count). The van der Waals surface area contributed by atoms with E-state index in [1.165, 1.54) is 12.5 Å². The molecule has 1 fully saturated rings. The van der Waals surface area contributed by atoms with E-state index in [0.29, 0.717) is 25.0 Å². The zero-order valence-electron chi connectivity index (χ0n) is 22.3. The Labute approximate surface area is 230 Å². The maximum Gasteiger partial charge on any atom is 0.416 e. The molecular formula is C31H32F6N2O. The summed E-state index contributed by atoms with van der Waals surface area (Å²) in [7, 11) is 2.06. The first-order chi connectivity index (χ1) is 18.8. The SMILES string of the molecule is C[C@H](C(=O)NC1(c2ccccc2)CCC(N(C)Cc2ccccc2)CC1)c1cc(C(F)(F)F)cc(C(F)(F)F)c1. The smallest absolute Gasteiger partial charge is 0.346 e. The van der Waals surface area contributed by atoms with Crippen LogP contribution in [-0.2, 0) is 29.2 Å². The molecule has 1 amide bonds. The van der Waals surface area contributed by atoms with E-state index in [-0.39, 0.29) is 17.7 Å². The minimum atomic E-state index is -4.98. The first-order valence-corrected chi connectivity index (χ1v) is 13.2. The lowest BCUT2D eigenvalue weighted by Crippen LogP contribution is -2.51. The van der Waals surface area contributed by atoms with Crippen LogP contribution in [0, 0.1) is 0 Å². The quantitative estimate of drug-likeness (QED) is 0.297. The van der Waals surface area contributed by atoms with Gasteiger partial charge in [0.15, 0.2) is 0 Å². The average Bonchev–Trinajstić information content (AvgIpc) is 2.92. The second-order valence-electron chi connectivity index (χ2n) is 10.6. The third-order valence-electron chi connectivity index (χ3n) is 7.90. The number of carbonyl (C=O) groups excluding carboxylic acids is 1. The van der Waals surface area contributed by atoms with Gasteiger partial charge in [0, 0.05) is 12.6 Å². The van der Waals surface area contributed by atoms with Crippen molar-refractivity contribution in [3.8, 4) is 0 Å². The normalized spacial score (nSPS) is 20.8. The summed E-state index contributed by atoms with van der Waals surface area (Å²) in [5.74, 6) is -1.85. The van der Waals surface area contributed by atoms with Crippen molar-refractivity contribution in [3.63, 3.8) is 0 Å². The van der Waals surface area contributed by atoms with E-state index in [1.807, 2.05) is 48.5 Å². The molecule has 0 heterocycles. The van der Waals surface area contributed by atoms with Gasteiger partial charge >= 0.3 is 12.4 Å². The fourth-order valence-electron chi connectivity index (χ4n) is 5.50. The van der Waals surface area contributed by atoms with Crippen LogP contribution in [0.2, 0.25) is 0 Å². The third kappa shape index (κ3) is 6.86. The van der Waals surface area contributed by atoms with Crippen LogP contribution in [0.15, 0.2) is 78.9 Å². The summed E-state index contributed by atoms with van der Waals surface area (Å²) in [4.78, 5) is 15.8. The van der Waals surface area contributed by atoms with E-state index in [4.69, 9.17) is 0 Å². The van der Waals surface area contributed by atoms with Crippen LogP contribution in [0.25, 0.3) is 0 Å². The molecule has 1 N–H and O–H groups in total. The van der Waals surface area contributed by atoms with Crippen LogP contribution in [0.3, 0.4) is 0 Å². The Bertz CT molecular complexity index is 1250. The highest BCUT2D eigenvalue weighted by atomic mass is 19.4. The second kappa shape index (κ2) is 11.6. The first kappa shape index (κ1) is 29.6. The van der Waals surface area contributed by atoms with Crippen molar-refractivity contribution in [1.82, 2.24) is 10.2 Å². The highest BCUT2D eigenvalue weighted by Gasteiger charge is 2.41. The van der Waals surface area contributed by atoms with Gasteiger partial charge in [-0.05, 0) is 74.5 Å². The zero-order chi connectivity index (χ0) is 29.1. The number of nitrogens with zero attached hydrogens (tertiary/aromatic N) is 1. The summed E-state index contributed by atoms with van der Waals surface area (Å²) in [5.41, 5.74) is -1.94. The topological polar surface area (TPSA) is 32.3 Å². The standard InChI is InChI=1S/C31H32F6N2O/c1-21(23-17-25(30(32,33)34)19-26(18-23)31(35,36)37)28(40)38-29(24-11-7-4-8-12-24)15-13-27(14-16-29)39(2)20-22-9-5-3-6-10-22/h3-12,17-19,21,27H,13-16,20H2,1-2H3,(H,38,40)/t21-,27?,29?/m0/s1. The Morgan fingerprint density at radius 2 is 1.38 bits per heavy atom. The van der Waals surface area contributed by atoms with Gasteiger partial charge in [-0.25, -0.2) is 0 Å². The largest absolute Gasteiger partial charge is 0.416 e. The number of halogens is 6. The number of amides is 1. The number of benzene rings is 3. The summed E-state index contributed by atoms with van der Waals surface area (Å²) >= 11 is 0. The van der Waals surface area contributed by atoms with Gasteiger partial charge in [0.2, 0.25) is 5.91 Å². The number of alkyl halides is 6. The molecule has 3 aromatic rings. The number of rotatable bonds is 7. The van der Waals surface area contributed by atoms with Crippen molar-refractivity contribution in [1.29, 1.82) is 0 Å². The van der Waals surface area contributed by atoms with E-state index >= 15 is 0 Å². The summed E-state index contributed by atoms with van der Waals surface area (Å²) in [5, 5.41) is 3.05. The number of carbonyl (C=O) groups is 1. The van der Waals surface area contributed by atoms with Gasteiger partial charge in [-0.1, -0.05) is 60.7 Å². The molecule has 40 heavy (non-hydrogen) atoms. The lowest BCUT2D eigenvalue weighted by molar-refractivity contribution is -0.143. The number of nitrogens with one attached hydrogen (secondary N) is 1. The molecule has 0 spiro atoms. The average molecular weight is 563 g/mol. The first-order valence-electron chi connectivity index (χ1n) is 13.2. The molecule has 9 heteroatoms. The van der Waals surface area contributed by atoms with Crippen LogP contribution >= 0.6 is 0 Å². The van der Waals surface area contributed by atoms with E-state index in [1.54, 1.807) is 0 Å². The van der Waals surface area contributed by atoms with Crippen LogP contribution in [0.1, 0.15) is 66.3 Å². The molecule has 1 aliphatic rings.